The summed E-state index contributed by atoms with van der Waals surface area (Å²) < 4.78 is 14.1. The van der Waals surface area contributed by atoms with Gasteiger partial charge in [0.15, 0.2) is 0 Å². The zero-order valence-electron chi connectivity index (χ0n) is 18.8. The number of carbonyl (C=O) groups is 2. The third-order valence-electron chi connectivity index (χ3n) is 7.13. The van der Waals surface area contributed by atoms with E-state index in [-0.39, 0.29) is 24.7 Å². The summed E-state index contributed by atoms with van der Waals surface area (Å²) >= 11 is 3.42. The van der Waals surface area contributed by atoms with E-state index in [1.54, 1.807) is 4.90 Å². The van der Waals surface area contributed by atoms with Crippen LogP contribution in [0.15, 0.2) is 41.1 Å². The molecular weight excluding hydrogens is 490 g/mol. The molecule has 2 heterocycles. The Bertz CT molecular complexity index is 975. The first kappa shape index (κ1) is 23.8. The summed E-state index contributed by atoms with van der Waals surface area (Å²) in [5.74, 6) is -0.224. The summed E-state index contributed by atoms with van der Waals surface area (Å²) in [4.78, 5) is 30.2. The van der Waals surface area contributed by atoms with Crippen molar-refractivity contribution < 1.29 is 24.2 Å². The summed E-state index contributed by atoms with van der Waals surface area (Å²) in [6, 6.07) is 9.69. The van der Waals surface area contributed by atoms with Gasteiger partial charge in [-0.3, -0.25) is 0 Å². The number of ether oxygens (including phenoxy) is 2. The first-order chi connectivity index (χ1) is 15.8. The second kappa shape index (κ2) is 9.85. The first-order valence-electron chi connectivity index (χ1n) is 11.3. The molecule has 1 aromatic carbocycles. The largest absolute Gasteiger partial charge is 0.480 e. The number of aromatic nitrogens is 2. The Labute approximate surface area is 202 Å². The highest BCUT2D eigenvalue weighted by Gasteiger charge is 2.48. The van der Waals surface area contributed by atoms with Crippen LogP contribution in [-0.4, -0.2) is 51.3 Å². The van der Waals surface area contributed by atoms with Gasteiger partial charge in [-0.15, -0.1) is 0 Å². The molecule has 1 amide bonds. The maximum absolute atomic E-state index is 12.5. The molecule has 1 spiro atoms. The van der Waals surface area contributed by atoms with Crippen molar-refractivity contribution in [1.82, 2.24) is 14.5 Å². The van der Waals surface area contributed by atoms with Crippen molar-refractivity contribution in [3.8, 4) is 0 Å². The van der Waals surface area contributed by atoms with E-state index in [0.29, 0.717) is 30.5 Å². The molecule has 8 nitrogen and oxygen atoms in total. The predicted molar refractivity (Wildman–Crippen MR) is 125 cm³/mol. The standard InChI is InChI=1S/C24H30BrN3O5/c1-27-15-19(25)26-21(27)24(33-17-20(29)30)9-7-23(8-10-24)11-13-28(14-12-23)22(31)32-16-18-5-3-2-4-6-18/h2-6,15H,7-14,16-17H2,1H3,(H,29,30). The molecule has 1 aliphatic carbocycles. The molecule has 33 heavy (non-hydrogen) atoms. The molecule has 0 radical (unpaired) electrons. The highest BCUT2D eigenvalue weighted by Crippen LogP contribution is 2.52. The van der Waals surface area contributed by atoms with Crippen LogP contribution in [0.3, 0.4) is 0 Å². The SMILES string of the molecule is Cn1cc(Br)nc1C1(OCC(=O)O)CCC2(CCN(C(=O)OCc3ccccc3)CC2)CC1. The lowest BCUT2D eigenvalue weighted by Crippen LogP contribution is -2.48. The van der Waals surface area contributed by atoms with Gasteiger partial charge in [0.1, 0.15) is 29.2 Å². The Morgan fingerprint density at radius 1 is 1.09 bits per heavy atom. The number of benzene rings is 1. The number of likely N-dealkylation sites (tertiary alicyclic amines) is 1. The fraction of sp³-hybridized carbons (Fsp3) is 0.542. The molecule has 2 aromatic rings. The van der Waals surface area contributed by atoms with Crippen molar-refractivity contribution in [2.45, 2.75) is 50.7 Å². The Morgan fingerprint density at radius 2 is 1.76 bits per heavy atom. The zero-order chi connectivity index (χ0) is 23.5. The molecule has 9 heteroatoms. The molecular formula is C24H30BrN3O5. The van der Waals surface area contributed by atoms with Gasteiger partial charge in [0.2, 0.25) is 0 Å². The molecule has 4 rings (SSSR count). The zero-order valence-corrected chi connectivity index (χ0v) is 20.4. The van der Waals surface area contributed by atoms with Gasteiger partial charge in [-0.05, 0) is 65.4 Å². The van der Waals surface area contributed by atoms with Crippen LogP contribution in [0, 0.1) is 5.41 Å². The number of carboxylic acids is 1. The number of carboxylic acid groups (broad SMARTS) is 1. The number of piperidine rings is 1. The van der Waals surface area contributed by atoms with E-state index >= 15 is 0 Å². The third kappa shape index (κ3) is 5.41. The second-order valence-corrected chi connectivity index (χ2v) is 10.0. The number of hydrogen-bond acceptors (Lipinski definition) is 5. The van der Waals surface area contributed by atoms with Crippen LogP contribution in [0.2, 0.25) is 0 Å². The lowest BCUT2D eigenvalue weighted by Gasteiger charge is -2.49. The Hall–Kier alpha value is -2.39. The lowest BCUT2D eigenvalue weighted by molar-refractivity contribution is -0.159. The van der Waals surface area contributed by atoms with Gasteiger partial charge in [0.05, 0.1) is 0 Å². The monoisotopic (exact) mass is 519 g/mol. The van der Waals surface area contributed by atoms with Crippen molar-refractivity contribution in [3.05, 3.63) is 52.5 Å². The van der Waals surface area contributed by atoms with E-state index in [2.05, 4.69) is 20.9 Å². The van der Waals surface area contributed by atoms with Gasteiger partial charge in [-0.2, -0.15) is 0 Å². The minimum atomic E-state index is -0.981. The summed E-state index contributed by atoms with van der Waals surface area (Å²) in [6.45, 7) is 1.28. The van der Waals surface area contributed by atoms with Gasteiger partial charge in [0, 0.05) is 26.3 Å². The van der Waals surface area contributed by atoms with Crippen LogP contribution in [-0.2, 0) is 33.5 Å². The molecule has 1 N–H and O–H groups in total. The molecule has 0 bridgehead atoms. The number of halogens is 1. The summed E-state index contributed by atoms with van der Waals surface area (Å²) in [7, 11) is 1.91. The Balaban J connectivity index is 1.35. The van der Waals surface area contributed by atoms with Crippen LogP contribution in [0.5, 0.6) is 0 Å². The topological polar surface area (TPSA) is 93.9 Å². The molecule has 1 aliphatic heterocycles. The molecule has 2 aliphatic rings. The fourth-order valence-corrected chi connectivity index (χ4v) is 5.62. The van der Waals surface area contributed by atoms with Gasteiger partial charge in [-0.1, -0.05) is 30.3 Å². The molecule has 0 unspecified atom stereocenters. The number of nitrogens with zero attached hydrogens (tertiary/aromatic N) is 3. The predicted octanol–water partition coefficient (Wildman–Crippen LogP) is 4.47. The highest BCUT2D eigenvalue weighted by molar-refractivity contribution is 9.10. The maximum Gasteiger partial charge on any atom is 0.410 e. The minimum Gasteiger partial charge on any atom is -0.480 e. The van der Waals surface area contributed by atoms with Crippen molar-refractivity contribution in [3.63, 3.8) is 0 Å². The van der Waals surface area contributed by atoms with Crippen LogP contribution in [0.1, 0.15) is 49.9 Å². The fourth-order valence-electron chi connectivity index (χ4n) is 5.14. The quantitative estimate of drug-likeness (QED) is 0.604. The van der Waals surface area contributed by atoms with Gasteiger partial charge < -0.3 is 24.0 Å². The average molecular weight is 520 g/mol. The van der Waals surface area contributed by atoms with E-state index in [1.165, 1.54) is 0 Å². The Kier molecular flexibility index (Phi) is 7.09. The number of hydrogen-bond donors (Lipinski definition) is 1. The summed E-state index contributed by atoms with van der Waals surface area (Å²) in [5, 5.41) is 9.21. The van der Waals surface area contributed by atoms with E-state index in [1.807, 2.05) is 48.1 Å². The average Bonchev–Trinajstić information content (AvgIpc) is 3.17. The van der Waals surface area contributed by atoms with E-state index in [0.717, 1.165) is 37.1 Å². The number of aryl methyl sites for hydroxylation is 1. The van der Waals surface area contributed by atoms with Crippen molar-refractivity contribution >= 4 is 28.0 Å². The third-order valence-corrected chi connectivity index (χ3v) is 7.51. The maximum atomic E-state index is 12.5. The molecule has 1 saturated carbocycles. The molecule has 2 fully saturated rings. The van der Waals surface area contributed by atoms with Gasteiger partial charge >= 0.3 is 12.1 Å². The summed E-state index contributed by atoms with van der Waals surface area (Å²) in [5.41, 5.74) is 0.399. The molecule has 178 valence electrons. The number of carbonyl (C=O) groups excluding carboxylic acids is 1. The van der Waals surface area contributed by atoms with Crippen LogP contribution < -0.4 is 0 Å². The number of amides is 1. The normalized spacial score (nSPS) is 19.4. The smallest absolute Gasteiger partial charge is 0.410 e. The number of aliphatic carboxylic acids is 1. The van der Waals surface area contributed by atoms with Gasteiger partial charge in [-0.25, -0.2) is 14.6 Å². The van der Waals surface area contributed by atoms with E-state index in [9.17, 15) is 14.7 Å². The van der Waals surface area contributed by atoms with E-state index < -0.39 is 11.6 Å². The summed E-state index contributed by atoms with van der Waals surface area (Å²) in [6.07, 6.45) is 6.64. The van der Waals surface area contributed by atoms with Gasteiger partial charge in [0.25, 0.3) is 0 Å². The molecule has 0 atom stereocenters. The highest BCUT2D eigenvalue weighted by atomic mass is 79.9. The van der Waals surface area contributed by atoms with Crippen LogP contribution >= 0.6 is 15.9 Å². The minimum absolute atomic E-state index is 0.134. The van der Waals surface area contributed by atoms with Crippen molar-refractivity contribution in [1.29, 1.82) is 0 Å². The lowest BCUT2D eigenvalue weighted by atomic mass is 9.64. The molecule has 1 aromatic heterocycles. The molecule has 1 saturated heterocycles. The van der Waals surface area contributed by atoms with Crippen molar-refractivity contribution in [2.24, 2.45) is 12.5 Å². The Morgan fingerprint density at radius 3 is 2.33 bits per heavy atom. The number of rotatable bonds is 6. The first-order valence-corrected chi connectivity index (χ1v) is 12.1. The van der Waals surface area contributed by atoms with Crippen molar-refractivity contribution in [2.75, 3.05) is 19.7 Å². The van der Waals surface area contributed by atoms with Crippen LogP contribution in [0.25, 0.3) is 0 Å². The van der Waals surface area contributed by atoms with E-state index in [4.69, 9.17) is 9.47 Å². The number of imidazole rings is 1. The second-order valence-electron chi connectivity index (χ2n) is 9.20. The van der Waals surface area contributed by atoms with Crippen LogP contribution in [0.4, 0.5) is 4.79 Å².